The molecule has 0 aliphatic rings. The zero-order valence-electron chi connectivity index (χ0n) is 16.1. The van der Waals surface area contributed by atoms with Crippen LogP contribution in [0.25, 0.3) is 10.6 Å². The van der Waals surface area contributed by atoms with E-state index in [1.807, 2.05) is 60.8 Å². The normalized spacial score (nSPS) is 10.4. The summed E-state index contributed by atoms with van der Waals surface area (Å²) < 4.78 is 10.8. The van der Waals surface area contributed by atoms with Crippen molar-refractivity contribution < 1.29 is 14.3 Å². The summed E-state index contributed by atoms with van der Waals surface area (Å²) in [7, 11) is 3.36. The number of nitrogens with zero attached hydrogens (tertiary/aromatic N) is 2. The number of aromatic nitrogens is 1. The molecule has 0 spiro atoms. The number of hydrogen-bond acceptors (Lipinski definition) is 5. The van der Waals surface area contributed by atoms with Crippen LogP contribution in [0.15, 0.2) is 53.9 Å². The van der Waals surface area contributed by atoms with Gasteiger partial charge < -0.3 is 19.7 Å². The monoisotopic (exact) mass is 397 g/mol. The van der Waals surface area contributed by atoms with Gasteiger partial charge >= 0.3 is 6.03 Å². The highest BCUT2D eigenvalue weighted by molar-refractivity contribution is 7.13. The molecule has 2 amide bonds. The number of likely N-dealkylation sites (N-methyl/N-ethyl adjacent to an activating group) is 1. The molecule has 3 aromatic rings. The van der Waals surface area contributed by atoms with E-state index in [-0.39, 0.29) is 6.03 Å². The minimum atomic E-state index is -0.184. The number of carbonyl (C=O) groups excluding carboxylic acids is 1. The van der Waals surface area contributed by atoms with Crippen molar-refractivity contribution in [3.8, 4) is 22.1 Å². The first-order valence-corrected chi connectivity index (χ1v) is 9.74. The zero-order valence-corrected chi connectivity index (χ0v) is 17.0. The van der Waals surface area contributed by atoms with Crippen LogP contribution in [0.1, 0.15) is 5.69 Å². The number of amides is 2. The Bertz CT molecular complexity index is 907. The zero-order chi connectivity index (χ0) is 19.9. The lowest BCUT2D eigenvalue weighted by atomic mass is 10.2. The van der Waals surface area contributed by atoms with Crippen molar-refractivity contribution in [2.45, 2.75) is 6.92 Å². The summed E-state index contributed by atoms with van der Waals surface area (Å²) in [5, 5.41) is 5.88. The largest absolute Gasteiger partial charge is 0.497 e. The third kappa shape index (κ3) is 5.23. The third-order valence-electron chi connectivity index (χ3n) is 4.10. The molecule has 146 valence electrons. The van der Waals surface area contributed by atoms with Gasteiger partial charge in [-0.2, -0.15) is 0 Å². The predicted molar refractivity (Wildman–Crippen MR) is 112 cm³/mol. The van der Waals surface area contributed by atoms with Crippen molar-refractivity contribution in [1.82, 2.24) is 9.88 Å². The highest BCUT2D eigenvalue weighted by atomic mass is 32.1. The molecule has 3 rings (SSSR count). The van der Waals surface area contributed by atoms with Crippen LogP contribution >= 0.6 is 11.3 Å². The van der Waals surface area contributed by atoms with Gasteiger partial charge in [0.2, 0.25) is 0 Å². The molecule has 1 N–H and O–H groups in total. The number of thiazole rings is 1. The minimum Gasteiger partial charge on any atom is -0.497 e. The van der Waals surface area contributed by atoms with Crippen LogP contribution in [0.5, 0.6) is 11.5 Å². The Morgan fingerprint density at radius 1 is 1.11 bits per heavy atom. The number of anilines is 1. The maximum atomic E-state index is 12.3. The van der Waals surface area contributed by atoms with E-state index in [4.69, 9.17) is 9.47 Å². The molecule has 0 fully saturated rings. The van der Waals surface area contributed by atoms with Crippen molar-refractivity contribution in [1.29, 1.82) is 0 Å². The molecule has 0 atom stereocenters. The first-order chi connectivity index (χ1) is 13.5. The van der Waals surface area contributed by atoms with Gasteiger partial charge in [-0.05, 0) is 55.5 Å². The number of urea groups is 1. The Morgan fingerprint density at radius 2 is 1.79 bits per heavy atom. The van der Waals surface area contributed by atoms with E-state index >= 15 is 0 Å². The van der Waals surface area contributed by atoms with Crippen molar-refractivity contribution >= 4 is 23.1 Å². The van der Waals surface area contributed by atoms with Gasteiger partial charge in [-0.1, -0.05) is 0 Å². The van der Waals surface area contributed by atoms with Gasteiger partial charge in [0.25, 0.3) is 0 Å². The number of nitrogens with one attached hydrogen (secondary N) is 1. The maximum absolute atomic E-state index is 12.3. The third-order valence-corrected chi connectivity index (χ3v) is 5.11. The summed E-state index contributed by atoms with van der Waals surface area (Å²) in [5.74, 6) is 1.52. The molecule has 0 bridgehead atoms. The summed E-state index contributed by atoms with van der Waals surface area (Å²) >= 11 is 1.61. The summed E-state index contributed by atoms with van der Waals surface area (Å²) in [4.78, 5) is 18.4. The number of hydrogen-bond donors (Lipinski definition) is 1. The summed E-state index contributed by atoms with van der Waals surface area (Å²) in [6, 6.07) is 14.8. The predicted octanol–water partition coefficient (Wildman–Crippen LogP) is 4.67. The topological polar surface area (TPSA) is 63.7 Å². The fourth-order valence-electron chi connectivity index (χ4n) is 2.48. The van der Waals surface area contributed by atoms with Crippen molar-refractivity contribution in [3.63, 3.8) is 0 Å². The lowest BCUT2D eigenvalue weighted by Gasteiger charge is -2.18. The molecule has 1 aromatic heterocycles. The van der Waals surface area contributed by atoms with Gasteiger partial charge in [0.15, 0.2) is 0 Å². The van der Waals surface area contributed by atoms with Crippen LogP contribution in [0.3, 0.4) is 0 Å². The molecule has 0 unspecified atom stereocenters. The second-order valence-electron chi connectivity index (χ2n) is 6.25. The van der Waals surface area contributed by atoms with E-state index in [1.165, 1.54) is 0 Å². The summed E-state index contributed by atoms with van der Waals surface area (Å²) in [5.41, 5.74) is 2.79. The minimum absolute atomic E-state index is 0.184. The summed E-state index contributed by atoms with van der Waals surface area (Å²) in [6.07, 6.45) is 0. The molecular formula is C21H23N3O3S. The van der Waals surface area contributed by atoms with Gasteiger partial charge in [-0.3, -0.25) is 0 Å². The van der Waals surface area contributed by atoms with Crippen LogP contribution in [0, 0.1) is 6.92 Å². The van der Waals surface area contributed by atoms with Crippen LogP contribution in [0.2, 0.25) is 0 Å². The summed E-state index contributed by atoms with van der Waals surface area (Å²) in [6.45, 7) is 2.84. The lowest BCUT2D eigenvalue weighted by molar-refractivity contribution is 0.207. The van der Waals surface area contributed by atoms with Crippen LogP contribution in [-0.4, -0.2) is 43.2 Å². The van der Waals surface area contributed by atoms with E-state index in [1.54, 1.807) is 30.4 Å². The Kier molecular flexibility index (Phi) is 6.49. The number of aryl methyl sites for hydroxylation is 1. The molecule has 0 aliphatic heterocycles. The number of ether oxygens (including phenoxy) is 2. The van der Waals surface area contributed by atoms with E-state index < -0.39 is 0 Å². The second-order valence-corrected chi connectivity index (χ2v) is 7.11. The maximum Gasteiger partial charge on any atom is 0.321 e. The van der Waals surface area contributed by atoms with Gasteiger partial charge in [0, 0.05) is 29.4 Å². The van der Waals surface area contributed by atoms with Crippen molar-refractivity contribution in [3.05, 3.63) is 59.6 Å². The number of benzene rings is 2. The van der Waals surface area contributed by atoms with Gasteiger partial charge in [-0.25, -0.2) is 9.78 Å². The average Bonchev–Trinajstić information content (AvgIpc) is 3.15. The molecular weight excluding hydrogens is 374 g/mol. The SMILES string of the molecule is COc1ccc(OCCN(C)C(=O)Nc2ccc(-c3nc(C)cs3)cc2)cc1. The van der Waals surface area contributed by atoms with Crippen LogP contribution in [0.4, 0.5) is 10.5 Å². The second kappa shape index (κ2) is 9.23. The Labute approximate surface area is 168 Å². The van der Waals surface area contributed by atoms with Gasteiger partial charge in [0.05, 0.1) is 13.7 Å². The van der Waals surface area contributed by atoms with E-state index in [2.05, 4.69) is 10.3 Å². The lowest BCUT2D eigenvalue weighted by Crippen LogP contribution is -2.34. The standard InChI is InChI=1S/C21H23N3O3S/c1-15-14-28-20(22-15)16-4-6-17(7-5-16)23-21(25)24(2)12-13-27-19-10-8-18(26-3)9-11-19/h4-11,14H,12-13H2,1-3H3,(H,23,25). The molecule has 6 nitrogen and oxygen atoms in total. The molecule has 0 saturated carbocycles. The van der Waals surface area contributed by atoms with Crippen molar-refractivity contribution in [2.75, 3.05) is 32.6 Å². The number of methoxy groups -OCH3 is 1. The van der Waals surface area contributed by atoms with E-state index in [9.17, 15) is 4.79 Å². The highest BCUT2D eigenvalue weighted by Gasteiger charge is 2.09. The molecule has 0 radical (unpaired) electrons. The van der Waals surface area contributed by atoms with E-state index in [0.717, 1.165) is 33.5 Å². The molecule has 0 saturated heterocycles. The number of rotatable bonds is 7. The first kappa shape index (κ1) is 19.7. The molecule has 1 heterocycles. The molecule has 7 heteroatoms. The van der Waals surface area contributed by atoms with Crippen LogP contribution in [-0.2, 0) is 0 Å². The number of carbonyl (C=O) groups is 1. The molecule has 2 aromatic carbocycles. The molecule has 0 aliphatic carbocycles. The smallest absolute Gasteiger partial charge is 0.321 e. The fraction of sp³-hybridized carbons (Fsp3) is 0.238. The quantitative estimate of drug-likeness (QED) is 0.629. The Balaban J connectivity index is 1.46. The average molecular weight is 398 g/mol. The highest BCUT2D eigenvalue weighted by Crippen LogP contribution is 2.25. The Hall–Kier alpha value is -3.06. The van der Waals surface area contributed by atoms with Crippen molar-refractivity contribution in [2.24, 2.45) is 0 Å². The Morgan fingerprint density at radius 3 is 2.39 bits per heavy atom. The first-order valence-electron chi connectivity index (χ1n) is 8.86. The fourth-order valence-corrected chi connectivity index (χ4v) is 3.28. The van der Waals surface area contributed by atoms with Gasteiger partial charge in [0.1, 0.15) is 23.1 Å². The van der Waals surface area contributed by atoms with Crippen LogP contribution < -0.4 is 14.8 Å². The van der Waals surface area contributed by atoms with Gasteiger partial charge in [-0.15, -0.1) is 11.3 Å². The molecule has 28 heavy (non-hydrogen) atoms. The van der Waals surface area contributed by atoms with E-state index in [0.29, 0.717) is 13.2 Å².